The van der Waals surface area contributed by atoms with Crippen LogP contribution in [0.1, 0.15) is 30.6 Å². The van der Waals surface area contributed by atoms with E-state index in [-0.39, 0.29) is 24.3 Å². The monoisotopic (exact) mass is 377 g/mol. The number of nitrogens with one attached hydrogen (secondary N) is 1. The smallest absolute Gasteiger partial charge is 0.330 e. The first-order valence-corrected chi connectivity index (χ1v) is 8.67. The van der Waals surface area contributed by atoms with Gasteiger partial charge in [-0.2, -0.15) is 0 Å². The van der Waals surface area contributed by atoms with E-state index in [2.05, 4.69) is 5.32 Å². The molecular weight excluding hydrogens is 350 g/mol. The number of anilines is 1. The molecule has 1 aromatic rings. The zero-order chi connectivity index (χ0) is 20.4. The normalized spacial score (nSPS) is 16.1. The molecular formula is C19H27N3O5. The molecule has 1 atom stereocenters. The van der Waals surface area contributed by atoms with E-state index in [1.807, 2.05) is 11.9 Å². The molecule has 148 valence electrons. The number of carbonyl (C=O) groups excluding carboxylic acids is 3. The molecule has 2 rings (SSSR count). The molecule has 0 bridgehead atoms. The summed E-state index contributed by atoms with van der Waals surface area (Å²) in [7, 11) is 6.52. The van der Waals surface area contributed by atoms with Crippen LogP contribution in [0.5, 0.6) is 5.75 Å². The summed E-state index contributed by atoms with van der Waals surface area (Å²) in [5.41, 5.74) is 0.188. The quantitative estimate of drug-likeness (QED) is 0.772. The molecule has 1 N–H and O–H groups in total. The number of ether oxygens (including phenoxy) is 2. The van der Waals surface area contributed by atoms with Gasteiger partial charge in [0.05, 0.1) is 25.3 Å². The summed E-state index contributed by atoms with van der Waals surface area (Å²) >= 11 is 0. The summed E-state index contributed by atoms with van der Waals surface area (Å²) in [5, 5.41) is 2.69. The van der Waals surface area contributed by atoms with Crippen LogP contribution in [0, 0.1) is 0 Å². The molecule has 1 aliphatic rings. The lowest BCUT2D eigenvalue weighted by Gasteiger charge is -2.36. The molecule has 2 amide bonds. The lowest BCUT2D eigenvalue weighted by molar-refractivity contribution is -0.149. The summed E-state index contributed by atoms with van der Waals surface area (Å²) in [4.78, 5) is 39.8. The number of hydrogen-bond donors (Lipinski definition) is 1. The van der Waals surface area contributed by atoms with Crippen molar-refractivity contribution in [3.8, 4) is 5.75 Å². The van der Waals surface area contributed by atoms with Crippen molar-refractivity contribution in [1.29, 1.82) is 0 Å². The van der Waals surface area contributed by atoms with Crippen molar-refractivity contribution in [2.45, 2.75) is 31.8 Å². The van der Waals surface area contributed by atoms with E-state index in [1.165, 1.54) is 12.0 Å². The number of likely N-dealkylation sites (N-methyl/N-ethyl adjacent to an activating group) is 1. The summed E-state index contributed by atoms with van der Waals surface area (Å²) in [6.45, 7) is 3.51. The summed E-state index contributed by atoms with van der Waals surface area (Å²) in [5.74, 6) is -0.235. The average Bonchev–Trinajstić information content (AvgIpc) is 2.61. The molecule has 27 heavy (non-hydrogen) atoms. The fraction of sp³-hybridized carbons (Fsp3) is 0.526. The molecule has 0 saturated carbocycles. The van der Waals surface area contributed by atoms with Gasteiger partial charge in [-0.1, -0.05) is 0 Å². The molecule has 0 saturated heterocycles. The van der Waals surface area contributed by atoms with Gasteiger partial charge in [-0.15, -0.1) is 0 Å². The lowest BCUT2D eigenvalue weighted by atomic mass is 10.0. The van der Waals surface area contributed by atoms with Crippen molar-refractivity contribution in [3.05, 3.63) is 23.8 Å². The van der Waals surface area contributed by atoms with E-state index in [0.29, 0.717) is 17.9 Å². The molecule has 0 spiro atoms. The maximum Gasteiger partial charge on any atom is 0.330 e. The Morgan fingerprint density at radius 3 is 2.59 bits per heavy atom. The maximum atomic E-state index is 12.4. The third kappa shape index (κ3) is 4.50. The van der Waals surface area contributed by atoms with E-state index < -0.39 is 11.5 Å². The van der Waals surface area contributed by atoms with Crippen LogP contribution in [0.15, 0.2) is 18.2 Å². The number of carbonyl (C=O) groups is 3. The molecule has 0 aliphatic carbocycles. The van der Waals surface area contributed by atoms with Gasteiger partial charge in [0.2, 0.25) is 5.91 Å². The maximum absolute atomic E-state index is 12.4. The molecule has 1 heterocycles. The number of benzene rings is 1. The van der Waals surface area contributed by atoms with Gasteiger partial charge in [0.15, 0.2) is 0 Å². The van der Waals surface area contributed by atoms with Crippen LogP contribution < -0.4 is 15.0 Å². The predicted octanol–water partition coefficient (Wildman–Crippen LogP) is 1.04. The number of nitrogens with zero attached hydrogens (tertiary/aromatic N) is 2. The minimum absolute atomic E-state index is 0.106. The predicted molar refractivity (Wildman–Crippen MR) is 101 cm³/mol. The molecule has 8 heteroatoms. The zero-order valence-electron chi connectivity index (χ0n) is 16.7. The molecule has 0 unspecified atom stereocenters. The van der Waals surface area contributed by atoms with Gasteiger partial charge in [0.1, 0.15) is 17.9 Å². The summed E-state index contributed by atoms with van der Waals surface area (Å²) in [6, 6.07) is 5.02. The Bertz CT molecular complexity index is 745. The van der Waals surface area contributed by atoms with Crippen molar-refractivity contribution in [1.82, 2.24) is 10.2 Å². The van der Waals surface area contributed by atoms with E-state index in [0.717, 1.165) is 5.69 Å². The van der Waals surface area contributed by atoms with Gasteiger partial charge in [0, 0.05) is 26.7 Å². The Labute approximate surface area is 159 Å². The first-order valence-electron chi connectivity index (χ1n) is 8.67. The topological polar surface area (TPSA) is 88.2 Å². The van der Waals surface area contributed by atoms with Crippen molar-refractivity contribution >= 4 is 23.5 Å². The van der Waals surface area contributed by atoms with Gasteiger partial charge < -0.3 is 24.6 Å². The molecule has 0 radical (unpaired) electrons. The fourth-order valence-corrected chi connectivity index (χ4v) is 2.92. The van der Waals surface area contributed by atoms with Crippen LogP contribution in [0.3, 0.4) is 0 Å². The van der Waals surface area contributed by atoms with Gasteiger partial charge in [-0.25, -0.2) is 4.79 Å². The number of methoxy groups -OCH3 is 1. The second-order valence-electron chi connectivity index (χ2n) is 7.33. The van der Waals surface area contributed by atoms with Crippen molar-refractivity contribution in [2.24, 2.45) is 0 Å². The van der Waals surface area contributed by atoms with Crippen LogP contribution in [0.4, 0.5) is 5.69 Å². The van der Waals surface area contributed by atoms with Crippen molar-refractivity contribution < 1.29 is 23.9 Å². The van der Waals surface area contributed by atoms with E-state index in [9.17, 15) is 14.4 Å². The van der Waals surface area contributed by atoms with Crippen molar-refractivity contribution in [3.63, 3.8) is 0 Å². The Morgan fingerprint density at radius 1 is 1.33 bits per heavy atom. The Kier molecular flexibility index (Phi) is 5.98. The highest BCUT2D eigenvalue weighted by molar-refractivity contribution is 5.95. The van der Waals surface area contributed by atoms with Gasteiger partial charge in [-0.3, -0.25) is 9.59 Å². The first kappa shape index (κ1) is 20.5. The standard InChI is InChI=1S/C19H27N3O5/c1-19(2,18(25)26-6)20-16(23)10-13-11-27-15-8-7-12(17(24)21(3)4)9-14(15)22(13)5/h7-9,13H,10-11H2,1-6H3,(H,20,23)/t13-/m1/s1. The minimum Gasteiger partial charge on any atom is -0.489 e. The molecule has 1 aliphatic heterocycles. The van der Waals surface area contributed by atoms with Crippen molar-refractivity contribution in [2.75, 3.05) is 39.8 Å². The second-order valence-corrected chi connectivity index (χ2v) is 7.33. The first-order chi connectivity index (χ1) is 12.6. The number of fused-ring (bicyclic) bond motifs is 1. The van der Waals surface area contributed by atoms with Gasteiger partial charge in [0.25, 0.3) is 5.91 Å². The number of hydrogen-bond acceptors (Lipinski definition) is 6. The fourth-order valence-electron chi connectivity index (χ4n) is 2.92. The Hall–Kier alpha value is -2.77. The van der Waals surface area contributed by atoms with E-state index >= 15 is 0 Å². The highest BCUT2D eigenvalue weighted by atomic mass is 16.5. The van der Waals surface area contributed by atoms with Crippen LogP contribution in [0.25, 0.3) is 0 Å². The summed E-state index contributed by atoms with van der Waals surface area (Å²) < 4.78 is 10.5. The van der Waals surface area contributed by atoms with Crippen LogP contribution in [0.2, 0.25) is 0 Å². The largest absolute Gasteiger partial charge is 0.489 e. The van der Waals surface area contributed by atoms with Gasteiger partial charge in [-0.05, 0) is 32.0 Å². The van der Waals surface area contributed by atoms with E-state index in [1.54, 1.807) is 46.1 Å². The zero-order valence-corrected chi connectivity index (χ0v) is 16.7. The molecule has 0 fully saturated rings. The highest BCUT2D eigenvalue weighted by Crippen LogP contribution is 2.34. The Morgan fingerprint density at radius 2 is 2.00 bits per heavy atom. The highest BCUT2D eigenvalue weighted by Gasteiger charge is 2.33. The lowest BCUT2D eigenvalue weighted by Crippen LogP contribution is -2.52. The third-order valence-electron chi connectivity index (χ3n) is 4.54. The second kappa shape index (κ2) is 7.85. The Balaban J connectivity index is 2.12. The third-order valence-corrected chi connectivity index (χ3v) is 4.54. The minimum atomic E-state index is -1.11. The van der Waals surface area contributed by atoms with Crippen LogP contribution >= 0.6 is 0 Å². The average molecular weight is 377 g/mol. The molecule has 1 aromatic carbocycles. The number of rotatable bonds is 5. The molecule has 0 aromatic heterocycles. The van der Waals surface area contributed by atoms with Gasteiger partial charge >= 0.3 is 5.97 Å². The van der Waals surface area contributed by atoms with Crippen LogP contribution in [-0.2, 0) is 14.3 Å². The van der Waals surface area contributed by atoms with Crippen LogP contribution in [-0.4, -0.2) is 69.1 Å². The molecule has 8 nitrogen and oxygen atoms in total. The number of amides is 2. The van der Waals surface area contributed by atoms with E-state index in [4.69, 9.17) is 9.47 Å². The SMILES string of the molecule is COC(=O)C(C)(C)NC(=O)C[C@@H]1COc2ccc(C(=O)N(C)C)cc2N1C. The summed E-state index contributed by atoms with van der Waals surface area (Å²) in [6.07, 6.45) is 0.141. The number of esters is 1.